The van der Waals surface area contributed by atoms with Gasteiger partial charge in [0.1, 0.15) is 0 Å². The molecule has 0 unspecified atom stereocenters. The number of carboxylic acid groups (broad SMARTS) is 1. The number of hydrogen-bond donors (Lipinski definition) is 2. The molecule has 0 radical (unpaired) electrons. The van der Waals surface area contributed by atoms with Gasteiger partial charge in [-0.15, -0.1) is 0 Å². The van der Waals surface area contributed by atoms with Crippen LogP contribution in [0.2, 0.25) is 0 Å². The third kappa shape index (κ3) is 2.66. The molecule has 0 bridgehead atoms. The maximum atomic E-state index is 10.4. The van der Waals surface area contributed by atoms with Gasteiger partial charge in [-0.1, -0.05) is 0 Å². The monoisotopic (exact) mass is 223 g/mol. The Hall–Kier alpha value is -2.17. The lowest BCUT2D eigenvalue weighted by Crippen LogP contribution is -2.01. The summed E-state index contributed by atoms with van der Waals surface area (Å²) in [5.74, 6) is -0.0246. The van der Waals surface area contributed by atoms with Gasteiger partial charge < -0.3 is 20.3 Å². The Labute approximate surface area is 93.1 Å². The van der Waals surface area contributed by atoms with E-state index in [0.717, 1.165) is 6.08 Å². The molecule has 0 saturated carbocycles. The van der Waals surface area contributed by atoms with Crippen molar-refractivity contribution >= 4 is 11.7 Å². The Kier molecular flexibility index (Phi) is 3.77. The van der Waals surface area contributed by atoms with E-state index in [-0.39, 0.29) is 5.70 Å². The zero-order chi connectivity index (χ0) is 12.1. The molecular formula is C11H13NO4. The molecule has 0 atom stereocenters. The molecule has 0 heterocycles. The number of nitrogens with two attached hydrogens (primary N) is 1. The number of ether oxygens (including phenoxy) is 2. The highest BCUT2D eigenvalue weighted by atomic mass is 16.5. The van der Waals surface area contributed by atoms with Crippen LogP contribution in [0.1, 0.15) is 5.56 Å². The third-order valence-corrected chi connectivity index (χ3v) is 2.00. The first-order valence-corrected chi connectivity index (χ1v) is 4.51. The van der Waals surface area contributed by atoms with Gasteiger partial charge in [-0.05, 0) is 18.2 Å². The van der Waals surface area contributed by atoms with Gasteiger partial charge in [0.25, 0.3) is 0 Å². The highest BCUT2D eigenvalue weighted by molar-refractivity contribution is 5.89. The zero-order valence-corrected chi connectivity index (χ0v) is 9.06. The number of aliphatic carboxylic acids is 1. The first-order valence-electron chi connectivity index (χ1n) is 4.51. The molecule has 1 aromatic carbocycles. The quantitative estimate of drug-likeness (QED) is 0.746. The predicted molar refractivity (Wildman–Crippen MR) is 59.3 cm³/mol. The summed E-state index contributed by atoms with van der Waals surface area (Å²) in [6, 6.07) is 4.94. The molecule has 0 aliphatic heterocycles. The number of carbonyl (C=O) groups is 1. The number of carboxylic acids is 1. The topological polar surface area (TPSA) is 81.8 Å². The van der Waals surface area contributed by atoms with Crippen LogP contribution in [0.3, 0.4) is 0 Å². The molecule has 1 aromatic rings. The lowest BCUT2D eigenvalue weighted by molar-refractivity contribution is -0.131. The summed E-state index contributed by atoms with van der Waals surface area (Å²) in [5.41, 5.74) is 6.33. The van der Waals surface area contributed by atoms with Crippen molar-refractivity contribution in [3.63, 3.8) is 0 Å². The van der Waals surface area contributed by atoms with Crippen molar-refractivity contribution in [2.75, 3.05) is 14.2 Å². The molecule has 0 saturated heterocycles. The molecule has 16 heavy (non-hydrogen) atoms. The predicted octanol–water partition coefficient (Wildman–Crippen LogP) is 1.09. The Bertz CT molecular complexity index is 426. The summed E-state index contributed by atoms with van der Waals surface area (Å²) in [7, 11) is 3.02. The van der Waals surface area contributed by atoms with E-state index in [1.54, 1.807) is 18.2 Å². The van der Waals surface area contributed by atoms with Gasteiger partial charge in [-0.2, -0.15) is 0 Å². The number of hydrogen-bond acceptors (Lipinski definition) is 4. The Balaban J connectivity index is 3.13. The number of methoxy groups -OCH3 is 2. The fourth-order valence-electron chi connectivity index (χ4n) is 1.23. The van der Waals surface area contributed by atoms with Gasteiger partial charge >= 0.3 is 5.97 Å². The summed E-state index contributed by atoms with van der Waals surface area (Å²) >= 11 is 0. The smallest absolute Gasteiger partial charge is 0.330 e. The molecule has 0 fully saturated rings. The summed E-state index contributed by atoms with van der Waals surface area (Å²) in [5, 5.41) is 8.56. The maximum absolute atomic E-state index is 10.4. The molecule has 1 rings (SSSR count). The van der Waals surface area contributed by atoms with Crippen LogP contribution in [0, 0.1) is 0 Å². The number of benzene rings is 1. The van der Waals surface area contributed by atoms with Crippen LogP contribution in [-0.2, 0) is 4.79 Å². The fraction of sp³-hybridized carbons (Fsp3) is 0.182. The maximum Gasteiger partial charge on any atom is 0.330 e. The van der Waals surface area contributed by atoms with Crippen LogP contribution in [0.5, 0.6) is 11.5 Å². The average Bonchev–Trinajstić information content (AvgIpc) is 2.27. The van der Waals surface area contributed by atoms with E-state index in [1.165, 1.54) is 14.2 Å². The lowest BCUT2D eigenvalue weighted by atomic mass is 10.1. The molecule has 0 aromatic heterocycles. The van der Waals surface area contributed by atoms with Crippen molar-refractivity contribution in [2.45, 2.75) is 0 Å². The van der Waals surface area contributed by atoms with Crippen molar-refractivity contribution in [3.8, 4) is 11.5 Å². The van der Waals surface area contributed by atoms with Gasteiger partial charge in [-0.25, -0.2) is 4.79 Å². The standard InChI is InChI=1S/C11H13NO4/c1-15-9-4-3-7(5-10(9)16-2)8(12)6-11(13)14/h3-6H,12H2,1-2H3,(H,13,14). The summed E-state index contributed by atoms with van der Waals surface area (Å²) in [4.78, 5) is 10.4. The Morgan fingerprint density at radius 1 is 1.31 bits per heavy atom. The van der Waals surface area contributed by atoms with Crippen molar-refractivity contribution in [3.05, 3.63) is 29.8 Å². The van der Waals surface area contributed by atoms with Crippen LogP contribution in [0.25, 0.3) is 5.70 Å². The van der Waals surface area contributed by atoms with E-state index in [2.05, 4.69) is 0 Å². The molecule has 0 aliphatic carbocycles. The van der Waals surface area contributed by atoms with Crippen molar-refractivity contribution in [2.24, 2.45) is 5.73 Å². The Morgan fingerprint density at radius 3 is 2.44 bits per heavy atom. The first-order chi connectivity index (χ1) is 7.58. The van der Waals surface area contributed by atoms with E-state index in [9.17, 15) is 4.79 Å². The van der Waals surface area contributed by atoms with E-state index < -0.39 is 5.97 Å². The van der Waals surface area contributed by atoms with E-state index >= 15 is 0 Å². The minimum absolute atomic E-state index is 0.161. The largest absolute Gasteiger partial charge is 0.493 e. The minimum Gasteiger partial charge on any atom is -0.493 e. The second-order valence-corrected chi connectivity index (χ2v) is 3.01. The van der Waals surface area contributed by atoms with Crippen molar-refractivity contribution < 1.29 is 19.4 Å². The lowest BCUT2D eigenvalue weighted by Gasteiger charge is -2.09. The normalized spacial score (nSPS) is 11.0. The Morgan fingerprint density at radius 2 is 1.94 bits per heavy atom. The van der Waals surface area contributed by atoms with Crippen LogP contribution in [0.15, 0.2) is 24.3 Å². The van der Waals surface area contributed by atoms with E-state index in [1.807, 2.05) is 0 Å². The van der Waals surface area contributed by atoms with Crippen molar-refractivity contribution in [1.29, 1.82) is 0 Å². The number of rotatable bonds is 4. The van der Waals surface area contributed by atoms with Gasteiger partial charge in [0.15, 0.2) is 11.5 Å². The summed E-state index contributed by atoms with van der Waals surface area (Å²) in [6.45, 7) is 0. The van der Waals surface area contributed by atoms with Gasteiger partial charge in [0.2, 0.25) is 0 Å². The summed E-state index contributed by atoms with van der Waals surface area (Å²) < 4.78 is 10.1. The molecule has 5 nitrogen and oxygen atoms in total. The highest BCUT2D eigenvalue weighted by Gasteiger charge is 2.06. The van der Waals surface area contributed by atoms with Crippen LogP contribution >= 0.6 is 0 Å². The van der Waals surface area contributed by atoms with Crippen LogP contribution in [0.4, 0.5) is 0 Å². The van der Waals surface area contributed by atoms with E-state index in [0.29, 0.717) is 17.1 Å². The van der Waals surface area contributed by atoms with Gasteiger partial charge in [-0.3, -0.25) is 0 Å². The van der Waals surface area contributed by atoms with Crippen LogP contribution < -0.4 is 15.2 Å². The molecule has 3 N–H and O–H groups in total. The van der Waals surface area contributed by atoms with Gasteiger partial charge in [0.05, 0.1) is 14.2 Å². The molecule has 0 aliphatic rings. The minimum atomic E-state index is -1.09. The third-order valence-electron chi connectivity index (χ3n) is 2.00. The van der Waals surface area contributed by atoms with Gasteiger partial charge in [0, 0.05) is 17.3 Å². The van der Waals surface area contributed by atoms with Crippen LogP contribution in [-0.4, -0.2) is 25.3 Å². The molecule has 0 spiro atoms. The second-order valence-electron chi connectivity index (χ2n) is 3.01. The first kappa shape index (κ1) is 11.9. The highest BCUT2D eigenvalue weighted by Crippen LogP contribution is 2.29. The SMILES string of the molecule is COc1ccc(C(N)=CC(=O)O)cc1OC. The summed E-state index contributed by atoms with van der Waals surface area (Å²) in [6.07, 6.45) is 0.932. The fourth-order valence-corrected chi connectivity index (χ4v) is 1.23. The molecular weight excluding hydrogens is 210 g/mol. The van der Waals surface area contributed by atoms with Crippen molar-refractivity contribution in [1.82, 2.24) is 0 Å². The molecule has 0 amide bonds. The second kappa shape index (κ2) is 5.06. The average molecular weight is 223 g/mol. The molecule has 86 valence electrons. The molecule has 5 heteroatoms. The zero-order valence-electron chi connectivity index (χ0n) is 9.06. The van der Waals surface area contributed by atoms with E-state index in [4.69, 9.17) is 20.3 Å².